The van der Waals surface area contributed by atoms with Gasteiger partial charge in [0.15, 0.2) is 5.58 Å². The van der Waals surface area contributed by atoms with Crippen molar-refractivity contribution in [2.45, 2.75) is 12.8 Å². The zero-order valence-corrected chi connectivity index (χ0v) is 10.7. The van der Waals surface area contributed by atoms with Crippen LogP contribution in [0.3, 0.4) is 0 Å². The summed E-state index contributed by atoms with van der Waals surface area (Å²) >= 11 is 0. The molecule has 1 aromatic heterocycles. The van der Waals surface area contributed by atoms with E-state index in [9.17, 15) is 9.59 Å². The molecular weight excluding hydrogens is 248 g/mol. The molecule has 1 heterocycles. The third-order valence-corrected chi connectivity index (χ3v) is 2.97. The number of aliphatic hydroxyl groups excluding tert-OH is 1. The maximum atomic E-state index is 11.5. The van der Waals surface area contributed by atoms with E-state index in [0.29, 0.717) is 24.1 Å². The number of nitrogens with zero attached hydrogens (tertiary/aromatic N) is 1. The third kappa shape index (κ3) is 3.23. The van der Waals surface area contributed by atoms with Crippen molar-refractivity contribution < 1.29 is 14.3 Å². The second-order valence-electron chi connectivity index (χ2n) is 4.38. The summed E-state index contributed by atoms with van der Waals surface area (Å²) in [6, 6.07) is 5.46. The fraction of sp³-hybridized carbons (Fsp3) is 0.385. The van der Waals surface area contributed by atoms with Gasteiger partial charge in [0.2, 0.25) is 5.91 Å². The Kier molecular flexibility index (Phi) is 4.01. The Hall–Kier alpha value is -2.08. The SMILES string of the molecule is CN(CCc1ccc2[nH]c(=O)oc2c1)C(=O)CCO. The van der Waals surface area contributed by atoms with E-state index in [2.05, 4.69) is 4.98 Å². The highest BCUT2D eigenvalue weighted by Crippen LogP contribution is 2.13. The lowest BCUT2D eigenvalue weighted by atomic mass is 10.1. The van der Waals surface area contributed by atoms with Crippen molar-refractivity contribution in [2.24, 2.45) is 0 Å². The highest BCUT2D eigenvalue weighted by Gasteiger charge is 2.08. The van der Waals surface area contributed by atoms with Gasteiger partial charge in [-0.25, -0.2) is 4.79 Å². The van der Waals surface area contributed by atoms with Crippen molar-refractivity contribution in [3.63, 3.8) is 0 Å². The highest BCUT2D eigenvalue weighted by molar-refractivity contribution is 5.76. The first kappa shape index (κ1) is 13.4. The van der Waals surface area contributed by atoms with E-state index in [-0.39, 0.29) is 18.9 Å². The molecule has 2 aromatic rings. The molecule has 0 aliphatic rings. The molecule has 0 spiro atoms. The minimum Gasteiger partial charge on any atom is -0.408 e. The van der Waals surface area contributed by atoms with Crippen LogP contribution in [0.1, 0.15) is 12.0 Å². The molecule has 1 aromatic carbocycles. The molecule has 0 aliphatic carbocycles. The fourth-order valence-corrected chi connectivity index (χ4v) is 1.85. The van der Waals surface area contributed by atoms with E-state index in [1.807, 2.05) is 6.07 Å². The largest absolute Gasteiger partial charge is 0.417 e. The molecule has 0 bridgehead atoms. The van der Waals surface area contributed by atoms with E-state index in [0.717, 1.165) is 5.56 Å². The van der Waals surface area contributed by atoms with Crippen LogP contribution in [0, 0.1) is 0 Å². The zero-order valence-electron chi connectivity index (χ0n) is 10.7. The van der Waals surface area contributed by atoms with Gasteiger partial charge >= 0.3 is 5.76 Å². The maximum absolute atomic E-state index is 11.5. The summed E-state index contributed by atoms with van der Waals surface area (Å²) < 4.78 is 4.98. The van der Waals surface area contributed by atoms with Crippen molar-refractivity contribution in [2.75, 3.05) is 20.2 Å². The molecule has 2 N–H and O–H groups in total. The van der Waals surface area contributed by atoms with Gasteiger partial charge in [0, 0.05) is 20.0 Å². The molecule has 1 amide bonds. The average Bonchev–Trinajstić information content (AvgIpc) is 2.75. The van der Waals surface area contributed by atoms with E-state index in [1.165, 1.54) is 0 Å². The lowest BCUT2D eigenvalue weighted by Crippen LogP contribution is -2.29. The number of aliphatic hydroxyl groups is 1. The summed E-state index contributed by atoms with van der Waals surface area (Å²) in [5.74, 6) is -0.556. The predicted molar refractivity (Wildman–Crippen MR) is 69.9 cm³/mol. The van der Waals surface area contributed by atoms with Crippen molar-refractivity contribution >= 4 is 17.0 Å². The summed E-state index contributed by atoms with van der Waals surface area (Å²) in [4.78, 5) is 26.7. The number of hydrogen-bond donors (Lipinski definition) is 2. The van der Waals surface area contributed by atoms with Gasteiger partial charge in [-0.15, -0.1) is 0 Å². The molecule has 6 heteroatoms. The summed E-state index contributed by atoms with van der Waals surface area (Å²) in [6.07, 6.45) is 0.806. The number of fused-ring (bicyclic) bond motifs is 1. The molecule has 2 rings (SSSR count). The quantitative estimate of drug-likeness (QED) is 0.823. The van der Waals surface area contributed by atoms with Crippen LogP contribution >= 0.6 is 0 Å². The number of nitrogens with one attached hydrogen (secondary N) is 1. The van der Waals surface area contributed by atoms with Gasteiger partial charge in [-0.3, -0.25) is 9.78 Å². The zero-order chi connectivity index (χ0) is 13.8. The Morgan fingerprint density at radius 1 is 1.47 bits per heavy atom. The van der Waals surface area contributed by atoms with Crippen LogP contribution in [-0.4, -0.2) is 41.1 Å². The Morgan fingerprint density at radius 2 is 2.26 bits per heavy atom. The van der Waals surface area contributed by atoms with Gasteiger partial charge in [-0.1, -0.05) is 6.07 Å². The number of rotatable bonds is 5. The number of H-pyrrole nitrogens is 1. The molecule has 0 saturated carbocycles. The third-order valence-electron chi connectivity index (χ3n) is 2.97. The summed E-state index contributed by atoms with van der Waals surface area (Å²) in [5, 5.41) is 8.70. The standard InChI is InChI=1S/C13H16N2O4/c1-15(12(17)5-7-16)6-4-9-2-3-10-11(8-9)19-13(18)14-10/h2-3,8,16H,4-7H2,1H3,(H,14,18). The van der Waals surface area contributed by atoms with Crippen molar-refractivity contribution in [1.29, 1.82) is 0 Å². The normalized spacial score (nSPS) is 10.8. The minimum absolute atomic E-state index is 0.0863. The first-order valence-corrected chi connectivity index (χ1v) is 6.06. The molecule has 0 radical (unpaired) electrons. The smallest absolute Gasteiger partial charge is 0.408 e. The first-order chi connectivity index (χ1) is 9.10. The van der Waals surface area contributed by atoms with E-state index < -0.39 is 5.76 Å². The van der Waals surface area contributed by atoms with Crippen LogP contribution in [0.15, 0.2) is 27.4 Å². The number of likely N-dealkylation sites (N-methyl/N-ethyl adjacent to an activating group) is 1. The second kappa shape index (κ2) is 5.71. The van der Waals surface area contributed by atoms with Crippen LogP contribution in [0.4, 0.5) is 0 Å². The number of amides is 1. The Morgan fingerprint density at radius 3 is 3.00 bits per heavy atom. The number of hydrogen-bond acceptors (Lipinski definition) is 4. The molecule has 102 valence electrons. The van der Waals surface area contributed by atoms with Crippen molar-refractivity contribution in [1.82, 2.24) is 9.88 Å². The molecule has 19 heavy (non-hydrogen) atoms. The van der Waals surface area contributed by atoms with Gasteiger partial charge < -0.3 is 14.4 Å². The average molecular weight is 264 g/mol. The van der Waals surface area contributed by atoms with E-state index >= 15 is 0 Å². The number of oxazole rings is 1. The lowest BCUT2D eigenvalue weighted by Gasteiger charge is -2.16. The number of carbonyl (C=O) groups is 1. The molecule has 0 fully saturated rings. The minimum atomic E-state index is -0.470. The van der Waals surface area contributed by atoms with Gasteiger partial charge in [-0.2, -0.15) is 0 Å². The Bertz CT molecular complexity index is 629. The summed E-state index contributed by atoms with van der Waals surface area (Å²) in [5.41, 5.74) is 2.17. The van der Waals surface area contributed by atoms with Gasteiger partial charge in [-0.05, 0) is 24.1 Å². The van der Waals surface area contributed by atoms with E-state index in [1.54, 1.807) is 24.1 Å². The lowest BCUT2D eigenvalue weighted by molar-refractivity contribution is -0.130. The number of aromatic amines is 1. The first-order valence-electron chi connectivity index (χ1n) is 6.06. The van der Waals surface area contributed by atoms with Crippen LogP contribution in [0.5, 0.6) is 0 Å². The van der Waals surface area contributed by atoms with Crippen LogP contribution < -0.4 is 5.76 Å². The number of carbonyl (C=O) groups excluding carboxylic acids is 1. The molecule has 0 atom stereocenters. The van der Waals surface area contributed by atoms with Crippen molar-refractivity contribution in [3.05, 3.63) is 34.3 Å². The van der Waals surface area contributed by atoms with Gasteiger partial charge in [0.05, 0.1) is 12.1 Å². The fourth-order valence-electron chi connectivity index (χ4n) is 1.85. The summed E-state index contributed by atoms with van der Waals surface area (Å²) in [6.45, 7) is 0.419. The maximum Gasteiger partial charge on any atom is 0.417 e. The highest BCUT2D eigenvalue weighted by atomic mass is 16.4. The molecular formula is C13H16N2O4. The Labute approximate surface area is 109 Å². The second-order valence-corrected chi connectivity index (χ2v) is 4.38. The summed E-state index contributed by atoms with van der Waals surface area (Å²) in [7, 11) is 1.70. The van der Waals surface area contributed by atoms with Crippen LogP contribution in [-0.2, 0) is 11.2 Å². The number of aromatic nitrogens is 1. The van der Waals surface area contributed by atoms with Crippen LogP contribution in [0.25, 0.3) is 11.1 Å². The molecule has 0 saturated heterocycles. The monoisotopic (exact) mass is 264 g/mol. The van der Waals surface area contributed by atoms with Crippen molar-refractivity contribution in [3.8, 4) is 0 Å². The van der Waals surface area contributed by atoms with Gasteiger partial charge in [0.25, 0.3) is 0 Å². The Balaban J connectivity index is 2.01. The molecule has 0 unspecified atom stereocenters. The predicted octanol–water partition coefficient (Wildman–Crippen LogP) is 0.504. The van der Waals surface area contributed by atoms with E-state index in [4.69, 9.17) is 9.52 Å². The molecule has 6 nitrogen and oxygen atoms in total. The topological polar surface area (TPSA) is 86.5 Å². The van der Waals surface area contributed by atoms with Gasteiger partial charge in [0.1, 0.15) is 0 Å². The molecule has 0 aliphatic heterocycles. The van der Waals surface area contributed by atoms with Crippen LogP contribution in [0.2, 0.25) is 0 Å². The number of benzene rings is 1.